The monoisotopic (exact) mass is 666 g/mol. The molecule has 3 rings (SSSR count). The maximum absolute atomic E-state index is 12.5. The Hall–Kier alpha value is -1.71. The summed E-state index contributed by atoms with van der Waals surface area (Å²) in [6.45, 7) is 0.696. The molecular formula is C20H16I2N2O6S. The van der Waals surface area contributed by atoms with Gasteiger partial charge in [0.1, 0.15) is 12.4 Å². The van der Waals surface area contributed by atoms with Gasteiger partial charge in [-0.15, -0.1) is 0 Å². The number of methoxy groups -OCH3 is 1. The van der Waals surface area contributed by atoms with E-state index < -0.39 is 4.92 Å². The molecule has 1 saturated heterocycles. The molecule has 0 N–H and O–H groups in total. The van der Waals surface area contributed by atoms with Crippen molar-refractivity contribution in [2.45, 2.75) is 6.61 Å². The zero-order chi connectivity index (χ0) is 22.5. The summed E-state index contributed by atoms with van der Waals surface area (Å²) >= 11 is 5.18. The molecule has 2 aromatic carbocycles. The number of amides is 2. The Kier molecular flexibility index (Phi) is 8.30. The summed E-state index contributed by atoms with van der Waals surface area (Å²) < 4.78 is 12.5. The van der Waals surface area contributed by atoms with Crippen molar-refractivity contribution < 1.29 is 24.0 Å². The lowest BCUT2D eigenvalue weighted by molar-refractivity contribution is -0.384. The van der Waals surface area contributed by atoms with Crippen LogP contribution in [0.25, 0.3) is 6.08 Å². The lowest BCUT2D eigenvalue weighted by Gasteiger charge is -2.12. The molecule has 0 saturated carbocycles. The number of non-ortho nitro benzene ring substituents is 1. The molecule has 1 aliphatic heterocycles. The fourth-order valence-electron chi connectivity index (χ4n) is 2.74. The van der Waals surface area contributed by atoms with Crippen molar-refractivity contribution in [1.82, 2.24) is 4.90 Å². The maximum atomic E-state index is 12.5. The van der Waals surface area contributed by atoms with Crippen molar-refractivity contribution in [3.63, 3.8) is 0 Å². The predicted molar refractivity (Wildman–Crippen MR) is 134 cm³/mol. The Bertz CT molecular complexity index is 1050. The van der Waals surface area contributed by atoms with Crippen LogP contribution in [-0.4, -0.2) is 41.2 Å². The Morgan fingerprint density at radius 3 is 2.55 bits per heavy atom. The quantitative estimate of drug-likeness (QED) is 0.168. The van der Waals surface area contributed by atoms with Crippen LogP contribution in [0.3, 0.4) is 0 Å². The Morgan fingerprint density at radius 1 is 1.19 bits per heavy atom. The van der Waals surface area contributed by atoms with Gasteiger partial charge in [0.25, 0.3) is 16.8 Å². The molecule has 8 nitrogen and oxygen atoms in total. The Labute approximate surface area is 209 Å². The maximum Gasteiger partial charge on any atom is 0.293 e. The second-order valence-corrected chi connectivity index (χ2v) is 9.67. The van der Waals surface area contributed by atoms with Gasteiger partial charge < -0.3 is 9.47 Å². The average molecular weight is 666 g/mol. The van der Waals surface area contributed by atoms with Crippen LogP contribution < -0.4 is 4.74 Å². The second-order valence-electron chi connectivity index (χ2n) is 6.36. The third-order valence-corrected chi connectivity index (χ3v) is 6.73. The molecule has 0 radical (unpaired) electrons. The zero-order valence-electron chi connectivity index (χ0n) is 16.2. The van der Waals surface area contributed by atoms with Crippen molar-refractivity contribution in [3.05, 3.63) is 69.7 Å². The first-order valence-electron chi connectivity index (χ1n) is 8.89. The molecule has 0 atom stereocenters. The summed E-state index contributed by atoms with van der Waals surface area (Å²) in [5.74, 6) is 0.320. The van der Waals surface area contributed by atoms with Crippen LogP contribution in [0.2, 0.25) is 0 Å². The highest BCUT2D eigenvalue weighted by Crippen LogP contribution is 2.35. The number of halogens is 2. The first-order chi connectivity index (χ1) is 14.8. The summed E-state index contributed by atoms with van der Waals surface area (Å²) in [7, 11) is 1.52. The molecule has 2 amide bonds. The van der Waals surface area contributed by atoms with Gasteiger partial charge in [-0.2, -0.15) is 0 Å². The highest BCUT2D eigenvalue weighted by atomic mass is 127. The lowest BCUT2D eigenvalue weighted by atomic mass is 10.2. The molecule has 1 fully saturated rings. The number of hydrogen-bond acceptors (Lipinski definition) is 7. The van der Waals surface area contributed by atoms with Crippen LogP contribution >= 0.6 is 56.9 Å². The number of benzene rings is 2. The van der Waals surface area contributed by atoms with Crippen LogP contribution in [0.5, 0.6) is 5.75 Å². The number of carbonyl (C=O) groups is 2. The topological polar surface area (TPSA) is 99.0 Å². The molecule has 0 aromatic heterocycles. The van der Waals surface area contributed by atoms with Crippen LogP contribution in [0.15, 0.2) is 41.3 Å². The molecule has 31 heavy (non-hydrogen) atoms. The molecule has 11 heteroatoms. The van der Waals surface area contributed by atoms with Crippen molar-refractivity contribution in [1.29, 1.82) is 0 Å². The second kappa shape index (κ2) is 10.7. The van der Waals surface area contributed by atoms with E-state index >= 15 is 0 Å². The fraction of sp³-hybridized carbons (Fsp3) is 0.200. The van der Waals surface area contributed by atoms with E-state index in [1.807, 2.05) is 12.1 Å². The minimum atomic E-state index is -0.442. The van der Waals surface area contributed by atoms with E-state index in [-0.39, 0.29) is 36.6 Å². The van der Waals surface area contributed by atoms with E-state index in [1.54, 1.807) is 18.2 Å². The van der Waals surface area contributed by atoms with E-state index in [0.29, 0.717) is 16.2 Å². The average Bonchev–Trinajstić information content (AvgIpc) is 2.98. The van der Waals surface area contributed by atoms with Gasteiger partial charge in [-0.1, -0.05) is 12.1 Å². The van der Waals surface area contributed by atoms with E-state index in [1.165, 1.54) is 24.1 Å². The van der Waals surface area contributed by atoms with Gasteiger partial charge in [0.15, 0.2) is 0 Å². The standard InChI is InChI=1S/C20H16I2N2O6S/c1-29-6-5-23-19(25)17(31-20(23)26)10-13-8-15(21)18(16(22)9-13)30-11-12-3-2-4-14(7-12)24(27)28/h2-4,7-10H,5-6,11H2,1H3/b17-10+. The summed E-state index contributed by atoms with van der Waals surface area (Å²) in [6.07, 6.45) is 1.69. The number of nitrogens with zero attached hydrogens (tertiary/aromatic N) is 2. The number of rotatable bonds is 8. The highest BCUT2D eigenvalue weighted by Gasteiger charge is 2.34. The van der Waals surface area contributed by atoms with Crippen LogP contribution in [0, 0.1) is 17.3 Å². The molecule has 1 aliphatic rings. The first kappa shape index (κ1) is 23.9. The third-order valence-electron chi connectivity index (χ3n) is 4.22. The van der Waals surface area contributed by atoms with Crippen molar-refractivity contribution in [2.24, 2.45) is 0 Å². The Balaban J connectivity index is 1.76. The van der Waals surface area contributed by atoms with Crippen molar-refractivity contribution in [3.8, 4) is 5.75 Å². The van der Waals surface area contributed by atoms with Crippen LogP contribution in [0.1, 0.15) is 11.1 Å². The molecule has 2 aromatic rings. The van der Waals surface area contributed by atoms with Crippen LogP contribution in [-0.2, 0) is 16.1 Å². The van der Waals surface area contributed by atoms with E-state index in [0.717, 1.165) is 24.5 Å². The van der Waals surface area contributed by atoms with Gasteiger partial charge in [-0.3, -0.25) is 24.6 Å². The first-order valence-corrected chi connectivity index (χ1v) is 11.9. The number of carbonyl (C=O) groups excluding carboxylic acids is 2. The van der Waals surface area contributed by atoms with Gasteiger partial charge in [0.05, 0.1) is 30.1 Å². The molecule has 0 unspecified atom stereocenters. The predicted octanol–water partition coefficient (Wildman–Crippen LogP) is 5.07. The SMILES string of the molecule is COCCN1C(=O)S/C(=C/c2cc(I)c(OCc3cccc([N+](=O)[O-])c3)c(I)c2)C1=O. The van der Waals surface area contributed by atoms with Crippen LogP contribution in [0.4, 0.5) is 10.5 Å². The summed E-state index contributed by atoms with van der Waals surface area (Å²) in [4.78, 5) is 36.6. The van der Waals surface area contributed by atoms with E-state index in [9.17, 15) is 19.7 Å². The molecule has 0 spiro atoms. The number of thioether (sulfide) groups is 1. The molecule has 1 heterocycles. The number of nitro benzene ring substituents is 1. The number of hydrogen-bond donors (Lipinski definition) is 0. The number of imide groups is 1. The van der Waals surface area contributed by atoms with Gasteiger partial charge in [-0.05, 0) is 86.3 Å². The Morgan fingerprint density at radius 2 is 1.90 bits per heavy atom. The molecular weight excluding hydrogens is 650 g/mol. The molecule has 0 aliphatic carbocycles. The molecule has 162 valence electrons. The lowest BCUT2D eigenvalue weighted by Crippen LogP contribution is -2.31. The minimum Gasteiger partial charge on any atom is -0.487 e. The van der Waals surface area contributed by atoms with E-state index in [2.05, 4.69) is 45.2 Å². The van der Waals surface area contributed by atoms with Crippen molar-refractivity contribution in [2.75, 3.05) is 20.3 Å². The zero-order valence-corrected chi connectivity index (χ0v) is 21.3. The molecule has 0 bridgehead atoms. The minimum absolute atomic E-state index is 0.0142. The van der Waals surface area contributed by atoms with Gasteiger partial charge in [-0.25, -0.2) is 0 Å². The van der Waals surface area contributed by atoms with Gasteiger partial charge >= 0.3 is 0 Å². The van der Waals surface area contributed by atoms with E-state index in [4.69, 9.17) is 9.47 Å². The summed E-state index contributed by atoms with van der Waals surface area (Å²) in [5.41, 5.74) is 1.48. The van der Waals surface area contributed by atoms with Gasteiger partial charge in [0.2, 0.25) is 0 Å². The normalized spacial score (nSPS) is 15.1. The van der Waals surface area contributed by atoms with Crippen molar-refractivity contribution >= 4 is 79.9 Å². The summed E-state index contributed by atoms with van der Waals surface area (Å²) in [6, 6.07) is 10.0. The smallest absolute Gasteiger partial charge is 0.293 e. The fourth-order valence-corrected chi connectivity index (χ4v) is 5.74. The van der Waals surface area contributed by atoms with Gasteiger partial charge in [0, 0.05) is 19.2 Å². The third kappa shape index (κ3) is 5.96. The number of nitro groups is 1. The summed E-state index contributed by atoms with van der Waals surface area (Å²) in [5, 5.41) is 10.6. The largest absolute Gasteiger partial charge is 0.487 e. The highest BCUT2D eigenvalue weighted by molar-refractivity contribution is 14.1. The number of ether oxygens (including phenoxy) is 2.